The van der Waals surface area contributed by atoms with Crippen LogP contribution in [-0.4, -0.2) is 17.0 Å². The van der Waals surface area contributed by atoms with Gasteiger partial charge in [-0.05, 0) is 26.8 Å². The number of furan rings is 1. The van der Waals surface area contributed by atoms with Crippen LogP contribution >= 0.6 is 0 Å². The van der Waals surface area contributed by atoms with Crippen LogP contribution in [0.4, 0.5) is 11.6 Å². The second kappa shape index (κ2) is 5.27. The zero-order valence-electron chi connectivity index (χ0n) is 11.7. The van der Waals surface area contributed by atoms with Gasteiger partial charge in [-0.1, -0.05) is 0 Å². The molecule has 0 aromatic carbocycles. The van der Waals surface area contributed by atoms with Crippen molar-refractivity contribution in [3.05, 3.63) is 35.0 Å². The van der Waals surface area contributed by atoms with Crippen LogP contribution in [0.1, 0.15) is 22.7 Å². The van der Waals surface area contributed by atoms with Crippen LogP contribution in [0.15, 0.2) is 16.7 Å². The molecule has 0 unspecified atom stereocenters. The van der Waals surface area contributed by atoms with Crippen molar-refractivity contribution in [2.45, 2.75) is 27.3 Å². The summed E-state index contributed by atoms with van der Waals surface area (Å²) >= 11 is 0. The van der Waals surface area contributed by atoms with Crippen molar-refractivity contribution in [1.82, 2.24) is 9.97 Å². The quantitative estimate of drug-likeness (QED) is 0.646. The second-order valence-corrected chi connectivity index (χ2v) is 4.57. The highest BCUT2D eigenvalue weighted by Gasteiger charge is 2.14. The van der Waals surface area contributed by atoms with Crippen LogP contribution < -0.4 is 16.2 Å². The lowest BCUT2D eigenvalue weighted by Crippen LogP contribution is -2.21. The van der Waals surface area contributed by atoms with Gasteiger partial charge in [0.05, 0.1) is 6.26 Å². The molecule has 0 radical (unpaired) electrons. The van der Waals surface area contributed by atoms with E-state index in [1.807, 2.05) is 33.9 Å². The molecule has 2 aromatic heterocycles. The first-order valence-electron chi connectivity index (χ1n) is 6.09. The van der Waals surface area contributed by atoms with E-state index >= 15 is 0 Å². The number of hydrogen-bond acceptors (Lipinski definition) is 6. The van der Waals surface area contributed by atoms with E-state index in [9.17, 15) is 0 Å². The normalized spacial score (nSPS) is 10.6. The number of aryl methyl sites for hydroxylation is 2. The highest BCUT2D eigenvalue weighted by Crippen LogP contribution is 2.24. The molecule has 0 spiro atoms. The molecule has 6 heteroatoms. The van der Waals surface area contributed by atoms with Crippen molar-refractivity contribution < 1.29 is 4.42 Å². The molecule has 6 nitrogen and oxygen atoms in total. The lowest BCUT2D eigenvalue weighted by atomic mass is 10.2. The Morgan fingerprint density at radius 1 is 1.32 bits per heavy atom. The van der Waals surface area contributed by atoms with Crippen molar-refractivity contribution in [1.29, 1.82) is 0 Å². The van der Waals surface area contributed by atoms with E-state index < -0.39 is 0 Å². The highest BCUT2D eigenvalue weighted by atomic mass is 16.3. The Morgan fingerprint density at radius 2 is 2.05 bits per heavy atom. The Balaban J connectivity index is 2.31. The molecule has 3 N–H and O–H groups in total. The molecule has 0 aliphatic carbocycles. The average molecular weight is 261 g/mol. The maximum Gasteiger partial charge on any atom is 0.148 e. The Bertz CT molecular complexity index is 578. The van der Waals surface area contributed by atoms with Gasteiger partial charge in [0.1, 0.15) is 23.2 Å². The van der Waals surface area contributed by atoms with Gasteiger partial charge in [-0.2, -0.15) is 0 Å². The Morgan fingerprint density at radius 3 is 2.63 bits per heavy atom. The summed E-state index contributed by atoms with van der Waals surface area (Å²) < 4.78 is 5.31. The van der Waals surface area contributed by atoms with Crippen LogP contribution in [0.2, 0.25) is 0 Å². The van der Waals surface area contributed by atoms with E-state index in [0.717, 1.165) is 29.2 Å². The number of nitrogens with two attached hydrogens (primary N) is 1. The van der Waals surface area contributed by atoms with Gasteiger partial charge in [0.15, 0.2) is 0 Å². The first-order valence-corrected chi connectivity index (χ1v) is 6.09. The SMILES string of the molecule is Cc1nc(NN)c(C)c(N(C)Cc2ccoc2C)n1. The highest BCUT2D eigenvalue weighted by molar-refractivity contribution is 5.58. The fourth-order valence-electron chi connectivity index (χ4n) is 2.03. The molecule has 2 heterocycles. The van der Waals surface area contributed by atoms with Crippen molar-refractivity contribution in [3.63, 3.8) is 0 Å². The van der Waals surface area contributed by atoms with Crippen LogP contribution in [0.3, 0.4) is 0 Å². The monoisotopic (exact) mass is 261 g/mol. The number of rotatable bonds is 4. The van der Waals surface area contributed by atoms with E-state index in [-0.39, 0.29) is 0 Å². The molecular weight excluding hydrogens is 242 g/mol. The number of nitrogens with one attached hydrogen (secondary N) is 1. The summed E-state index contributed by atoms with van der Waals surface area (Å²) in [5, 5.41) is 0. The minimum absolute atomic E-state index is 0.651. The van der Waals surface area contributed by atoms with Gasteiger partial charge in [0.2, 0.25) is 0 Å². The van der Waals surface area contributed by atoms with Crippen molar-refractivity contribution in [2.75, 3.05) is 17.4 Å². The van der Waals surface area contributed by atoms with E-state index in [1.54, 1.807) is 6.26 Å². The number of anilines is 2. The van der Waals surface area contributed by atoms with Gasteiger partial charge < -0.3 is 14.7 Å². The first kappa shape index (κ1) is 13.4. The van der Waals surface area contributed by atoms with Gasteiger partial charge in [-0.3, -0.25) is 0 Å². The number of hydrazine groups is 1. The number of nitrogen functional groups attached to an aromatic ring is 1. The predicted molar refractivity (Wildman–Crippen MR) is 74.9 cm³/mol. The average Bonchev–Trinajstić information content (AvgIpc) is 2.77. The van der Waals surface area contributed by atoms with E-state index in [1.165, 1.54) is 0 Å². The summed E-state index contributed by atoms with van der Waals surface area (Å²) in [6, 6.07) is 1.97. The summed E-state index contributed by atoms with van der Waals surface area (Å²) in [4.78, 5) is 10.8. The van der Waals surface area contributed by atoms with Gasteiger partial charge in [0, 0.05) is 24.7 Å². The molecule has 0 fully saturated rings. The van der Waals surface area contributed by atoms with Crippen LogP contribution in [0.25, 0.3) is 0 Å². The zero-order valence-corrected chi connectivity index (χ0v) is 11.7. The molecule has 102 valence electrons. The molecule has 0 amide bonds. The Labute approximate surface area is 112 Å². The molecule has 0 aliphatic heterocycles. The summed E-state index contributed by atoms with van der Waals surface area (Å²) in [5.41, 5.74) is 4.67. The molecule has 0 saturated carbocycles. The fraction of sp³-hybridized carbons (Fsp3) is 0.385. The van der Waals surface area contributed by atoms with Crippen LogP contribution in [0.5, 0.6) is 0 Å². The second-order valence-electron chi connectivity index (χ2n) is 4.57. The molecular formula is C13H19N5O. The summed E-state index contributed by atoms with van der Waals surface area (Å²) in [6.45, 7) is 6.47. The summed E-state index contributed by atoms with van der Waals surface area (Å²) in [5.74, 6) is 8.60. The summed E-state index contributed by atoms with van der Waals surface area (Å²) in [6.07, 6.45) is 1.70. The lowest BCUT2D eigenvalue weighted by Gasteiger charge is -2.21. The minimum Gasteiger partial charge on any atom is -0.469 e. The van der Waals surface area contributed by atoms with Crippen molar-refractivity contribution in [3.8, 4) is 0 Å². The van der Waals surface area contributed by atoms with Gasteiger partial charge in [-0.15, -0.1) is 0 Å². The standard InChI is InChI=1S/C13H19N5O/c1-8-12(17-14)15-10(3)16-13(8)18(4)7-11-5-6-19-9(11)2/h5-6H,7,14H2,1-4H3,(H,15,16,17). The third-order valence-corrected chi connectivity index (χ3v) is 3.10. The molecule has 0 atom stereocenters. The third kappa shape index (κ3) is 2.68. The minimum atomic E-state index is 0.651. The fourth-order valence-corrected chi connectivity index (χ4v) is 2.03. The van der Waals surface area contributed by atoms with E-state index in [4.69, 9.17) is 10.3 Å². The number of hydrogen-bond donors (Lipinski definition) is 2. The third-order valence-electron chi connectivity index (χ3n) is 3.10. The molecule has 0 saturated heterocycles. The van der Waals surface area contributed by atoms with Crippen molar-refractivity contribution in [2.24, 2.45) is 5.84 Å². The van der Waals surface area contributed by atoms with Gasteiger partial charge in [-0.25, -0.2) is 15.8 Å². The summed E-state index contributed by atoms with van der Waals surface area (Å²) in [7, 11) is 1.99. The van der Waals surface area contributed by atoms with E-state index in [0.29, 0.717) is 11.6 Å². The molecule has 2 rings (SSSR count). The smallest absolute Gasteiger partial charge is 0.148 e. The Kier molecular flexibility index (Phi) is 3.71. The van der Waals surface area contributed by atoms with Gasteiger partial charge in [0.25, 0.3) is 0 Å². The first-order chi connectivity index (χ1) is 9.02. The van der Waals surface area contributed by atoms with Crippen molar-refractivity contribution >= 4 is 11.6 Å². The maximum absolute atomic E-state index is 5.47. The largest absolute Gasteiger partial charge is 0.469 e. The van der Waals surface area contributed by atoms with E-state index in [2.05, 4.69) is 20.3 Å². The Hall–Kier alpha value is -2.08. The lowest BCUT2D eigenvalue weighted by molar-refractivity contribution is 0.529. The number of aromatic nitrogens is 2. The molecule has 2 aromatic rings. The molecule has 0 aliphatic rings. The predicted octanol–water partition coefficient (Wildman–Crippen LogP) is 1.92. The molecule has 0 bridgehead atoms. The number of nitrogens with zero attached hydrogens (tertiary/aromatic N) is 3. The maximum atomic E-state index is 5.47. The van der Waals surface area contributed by atoms with Gasteiger partial charge >= 0.3 is 0 Å². The molecule has 19 heavy (non-hydrogen) atoms. The zero-order chi connectivity index (χ0) is 14.0. The topological polar surface area (TPSA) is 80.2 Å². The van der Waals surface area contributed by atoms with Crippen LogP contribution in [0, 0.1) is 20.8 Å². The van der Waals surface area contributed by atoms with Crippen LogP contribution in [-0.2, 0) is 6.54 Å².